The molecule has 0 spiro atoms. The summed E-state index contributed by atoms with van der Waals surface area (Å²) in [7, 11) is 0. The van der Waals surface area contributed by atoms with E-state index >= 15 is 0 Å². The second kappa shape index (κ2) is 12.0. The number of rotatable bonds is 11. The summed E-state index contributed by atoms with van der Waals surface area (Å²) >= 11 is 0. The first-order chi connectivity index (χ1) is 14.0. The third-order valence-electron chi connectivity index (χ3n) is 4.90. The van der Waals surface area contributed by atoms with E-state index in [9.17, 15) is 14.7 Å². The third-order valence-corrected chi connectivity index (χ3v) is 4.90. The number of nitriles is 1. The van der Waals surface area contributed by atoms with Gasteiger partial charge in [0.05, 0.1) is 23.8 Å². The van der Waals surface area contributed by atoms with Gasteiger partial charge in [0.15, 0.2) is 0 Å². The van der Waals surface area contributed by atoms with Crippen molar-refractivity contribution in [3.05, 3.63) is 47.5 Å². The number of ether oxygens (including phenoxy) is 1. The van der Waals surface area contributed by atoms with Crippen molar-refractivity contribution in [3.63, 3.8) is 0 Å². The van der Waals surface area contributed by atoms with Crippen molar-refractivity contribution in [2.75, 3.05) is 19.8 Å². The van der Waals surface area contributed by atoms with Crippen LogP contribution in [0.25, 0.3) is 0 Å². The highest BCUT2D eigenvalue weighted by Gasteiger charge is 2.25. The molecule has 2 atom stereocenters. The number of piperidine rings is 1. The Bertz CT molecular complexity index is 756. The largest absolute Gasteiger partial charge is 0.480 e. The number of likely N-dealkylation sites (tertiary alicyclic amines) is 1. The van der Waals surface area contributed by atoms with Crippen LogP contribution in [0.2, 0.25) is 0 Å². The Labute approximate surface area is 171 Å². The number of unbranched alkanes of at least 4 members (excludes halogenated alkanes) is 1. The zero-order valence-electron chi connectivity index (χ0n) is 16.5. The Morgan fingerprint density at radius 3 is 2.93 bits per heavy atom. The van der Waals surface area contributed by atoms with Gasteiger partial charge in [-0.25, -0.2) is 4.79 Å². The number of carbonyl (C=O) groups is 2. The summed E-state index contributed by atoms with van der Waals surface area (Å²) in [6, 6.07) is 9.27. The molecule has 0 aliphatic carbocycles. The summed E-state index contributed by atoms with van der Waals surface area (Å²) in [6.07, 6.45) is 6.82. The molecular formula is C22H28N2O5. The van der Waals surface area contributed by atoms with Crippen LogP contribution in [0.4, 0.5) is 0 Å². The fraction of sp³-hybridized carbons (Fsp3) is 0.500. The van der Waals surface area contributed by atoms with Crippen molar-refractivity contribution >= 4 is 11.9 Å². The second-order valence-corrected chi connectivity index (χ2v) is 7.13. The van der Waals surface area contributed by atoms with Crippen molar-refractivity contribution in [1.82, 2.24) is 4.90 Å². The average molecular weight is 400 g/mol. The fourth-order valence-electron chi connectivity index (χ4n) is 3.44. The zero-order valence-corrected chi connectivity index (χ0v) is 16.5. The molecule has 7 nitrogen and oxygen atoms in total. The molecule has 2 N–H and O–H groups in total. The molecule has 1 amide bonds. The number of aliphatic hydroxyl groups excluding tert-OH is 1. The maximum atomic E-state index is 12.3. The van der Waals surface area contributed by atoms with Gasteiger partial charge in [0.1, 0.15) is 6.61 Å². The van der Waals surface area contributed by atoms with Gasteiger partial charge in [0.2, 0.25) is 5.91 Å². The molecule has 1 aromatic carbocycles. The van der Waals surface area contributed by atoms with Crippen LogP contribution in [0.1, 0.15) is 43.2 Å². The summed E-state index contributed by atoms with van der Waals surface area (Å²) in [5, 5.41) is 28.1. The van der Waals surface area contributed by atoms with Crippen molar-refractivity contribution in [2.24, 2.45) is 0 Å². The molecule has 0 saturated carbocycles. The monoisotopic (exact) mass is 400 g/mol. The number of hydrogen-bond acceptors (Lipinski definition) is 5. The van der Waals surface area contributed by atoms with Gasteiger partial charge < -0.3 is 19.8 Å². The molecule has 0 bridgehead atoms. The van der Waals surface area contributed by atoms with Gasteiger partial charge in [-0.15, -0.1) is 0 Å². The highest BCUT2D eigenvalue weighted by atomic mass is 16.5. The van der Waals surface area contributed by atoms with Crippen LogP contribution >= 0.6 is 0 Å². The zero-order chi connectivity index (χ0) is 21.1. The predicted molar refractivity (Wildman–Crippen MR) is 107 cm³/mol. The van der Waals surface area contributed by atoms with Crippen LogP contribution in [0.5, 0.6) is 0 Å². The molecule has 7 heteroatoms. The number of carboxylic acid groups (broad SMARTS) is 1. The lowest BCUT2D eigenvalue weighted by Gasteiger charge is -2.34. The Balaban J connectivity index is 1.86. The lowest BCUT2D eigenvalue weighted by molar-refractivity contribution is -0.142. The van der Waals surface area contributed by atoms with Gasteiger partial charge in [-0.2, -0.15) is 5.26 Å². The molecular weight excluding hydrogens is 372 g/mol. The van der Waals surface area contributed by atoms with Crippen molar-refractivity contribution in [2.45, 2.75) is 50.7 Å². The standard InChI is InChI=1S/C22H28N2O5/c23-15-18-7-2-1-6-17(18)14-20(25)11-10-19-8-5-9-21(26)24(19)12-3-4-13-29-16-22(27)28/h1-2,6-7,10-11,19-20,25H,3-5,8-9,12-14,16H2,(H,27,28)/b11-10+/t19-,20?/m1/s1. The van der Waals surface area contributed by atoms with Crippen LogP contribution < -0.4 is 0 Å². The lowest BCUT2D eigenvalue weighted by atomic mass is 9.98. The van der Waals surface area contributed by atoms with Gasteiger partial charge in [-0.3, -0.25) is 4.79 Å². The third kappa shape index (κ3) is 7.68. The topological polar surface area (TPSA) is 111 Å². The maximum Gasteiger partial charge on any atom is 0.329 e. The Hall–Kier alpha value is -2.69. The summed E-state index contributed by atoms with van der Waals surface area (Å²) in [4.78, 5) is 24.6. The molecule has 0 radical (unpaired) electrons. The Kier molecular flexibility index (Phi) is 9.35. The molecule has 29 heavy (non-hydrogen) atoms. The molecule has 1 fully saturated rings. The molecule has 156 valence electrons. The van der Waals surface area contributed by atoms with Crippen molar-refractivity contribution < 1.29 is 24.5 Å². The van der Waals surface area contributed by atoms with E-state index in [1.54, 1.807) is 18.2 Å². The number of carbonyl (C=O) groups excluding carboxylic acids is 1. The van der Waals surface area contributed by atoms with Gasteiger partial charge in [0.25, 0.3) is 0 Å². The quantitative estimate of drug-likeness (QED) is 0.435. The van der Waals surface area contributed by atoms with E-state index in [4.69, 9.17) is 15.1 Å². The van der Waals surface area contributed by atoms with E-state index < -0.39 is 12.1 Å². The van der Waals surface area contributed by atoms with Crippen LogP contribution in [-0.4, -0.2) is 58.9 Å². The molecule has 0 aromatic heterocycles. The number of benzene rings is 1. The van der Waals surface area contributed by atoms with Crippen molar-refractivity contribution in [3.8, 4) is 6.07 Å². The number of amides is 1. The predicted octanol–water partition coefficient (Wildman–Crippen LogP) is 2.28. The van der Waals surface area contributed by atoms with Gasteiger partial charge >= 0.3 is 5.97 Å². The van der Waals surface area contributed by atoms with Crippen LogP contribution in [0, 0.1) is 11.3 Å². The van der Waals surface area contributed by atoms with E-state index in [0.29, 0.717) is 38.0 Å². The smallest absolute Gasteiger partial charge is 0.329 e. The van der Waals surface area contributed by atoms with E-state index in [2.05, 4.69) is 6.07 Å². The number of aliphatic carboxylic acids is 1. The summed E-state index contributed by atoms with van der Waals surface area (Å²) in [5.41, 5.74) is 1.35. The first-order valence-corrected chi connectivity index (χ1v) is 9.94. The van der Waals surface area contributed by atoms with Crippen molar-refractivity contribution in [1.29, 1.82) is 5.26 Å². The lowest BCUT2D eigenvalue weighted by Crippen LogP contribution is -2.43. The SMILES string of the molecule is N#Cc1ccccc1CC(O)/C=C/[C@H]1CCCC(=O)N1CCCCOCC(=O)O. The summed E-state index contributed by atoms with van der Waals surface area (Å²) in [5.74, 6) is -0.890. The maximum absolute atomic E-state index is 12.3. The first-order valence-electron chi connectivity index (χ1n) is 9.94. The van der Waals surface area contributed by atoms with Gasteiger partial charge in [-0.05, 0) is 37.3 Å². The van der Waals surface area contributed by atoms with Gasteiger partial charge in [0, 0.05) is 26.0 Å². The van der Waals surface area contributed by atoms with Crippen LogP contribution in [0.15, 0.2) is 36.4 Å². The normalized spacial score (nSPS) is 18.0. The number of nitrogens with zero attached hydrogens (tertiary/aromatic N) is 2. The Morgan fingerprint density at radius 1 is 1.38 bits per heavy atom. The van der Waals surface area contributed by atoms with E-state index in [-0.39, 0.29) is 18.6 Å². The molecule has 1 aliphatic rings. The molecule has 1 saturated heterocycles. The summed E-state index contributed by atoms with van der Waals surface area (Å²) in [6.45, 7) is 0.629. The fourth-order valence-corrected chi connectivity index (χ4v) is 3.44. The first kappa shape index (κ1) is 22.6. The number of hydrogen-bond donors (Lipinski definition) is 2. The average Bonchev–Trinajstić information content (AvgIpc) is 2.70. The minimum Gasteiger partial charge on any atom is -0.480 e. The molecule has 1 aromatic rings. The van der Waals surface area contributed by atoms with Crippen LogP contribution in [0.3, 0.4) is 0 Å². The van der Waals surface area contributed by atoms with E-state index in [0.717, 1.165) is 24.8 Å². The minimum absolute atomic E-state index is 0.0583. The molecule has 2 rings (SSSR count). The van der Waals surface area contributed by atoms with Crippen LogP contribution in [-0.2, 0) is 20.7 Å². The number of aliphatic hydroxyl groups is 1. The van der Waals surface area contributed by atoms with E-state index in [1.165, 1.54) is 0 Å². The number of carboxylic acids is 1. The summed E-state index contributed by atoms with van der Waals surface area (Å²) < 4.78 is 5.02. The Morgan fingerprint density at radius 2 is 2.17 bits per heavy atom. The highest BCUT2D eigenvalue weighted by molar-refractivity contribution is 5.77. The minimum atomic E-state index is -0.989. The van der Waals surface area contributed by atoms with E-state index in [1.807, 2.05) is 23.1 Å². The molecule has 1 aliphatic heterocycles. The second-order valence-electron chi connectivity index (χ2n) is 7.13. The molecule has 1 heterocycles. The molecule has 1 unspecified atom stereocenters. The highest BCUT2D eigenvalue weighted by Crippen LogP contribution is 2.20. The van der Waals surface area contributed by atoms with Gasteiger partial charge in [-0.1, -0.05) is 30.4 Å².